The number of aliphatic hydroxyl groups is 1. The molecule has 1 aromatic heterocycles. The van der Waals surface area contributed by atoms with Crippen molar-refractivity contribution in [1.82, 2.24) is 20.0 Å². The molecule has 1 saturated heterocycles. The Morgan fingerprint density at radius 1 is 1.06 bits per heavy atom. The molecule has 3 N–H and O–H groups in total. The molecule has 3 heterocycles. The molecular weight excluding hydrogens is 398 g/mol. The van der Waals surface area contributed by atoms with Crippen molar-refractivity contribution in [2.75, 3.05) is 44.6 Å². The van der Waals surface area contributed by atoms with Crippen molar-refractivity contribution in [3.63, 3.8) is 0 Å². The van der Waals surface area contributed by atoms with Crippen molar-refractivity contribution in [2.24, 2.45) is 0 Å². The Morgan fingerprint density at radius 3 is 2.66 bits per heavy atom. The largest absolute Gasteiger partial charge is 0.389 e. The van der Waals surface area contributed by atoms with Crippen molar-refractivity contribution in [3.8, 4) is 11.1 Å². The highest BCUT2D eigenvalue weighted by atomic mass is 16.3. The number of piperazine rings is 1. The van der Waals surface area contributed by atoms with E-state index in [-0.39, 0.29) is 0 Å². The highest BCUT2D eigenvalue weighted by Gasteiger charge is 2.18. The van der Waals surface area contributed by atoms with Gasteiger partial charge < -0.3 is 20.6 Å². The van der Waals surface area contributed by atoms with Crippen LogP contribution in [0.5, 0.6) is 0 Å². The van der Waals surface area contributed by atoms with Crippen LogP contribution in [-0.4, -0.2) is 59.1 Å². The van der Waals surface area contributed by atoms with Crippen molar-refractivity contribution < 1.29 is 5.11 Å². The summed E-state index contributed by atoms with van der Waals surface area (Å²) in [4.78, 5) is 2.53. The van der Waals surface area contributed by atoms with Gasteiger partial charge in [0.25, 0.3) is 0 Å². The monoisotopic (exact) mass is 429 g/mol. The fraction of sp³-hybridized carbons (Fsp3) is 0.346. The minimum atomic E-state index is -0.486. The van der Waals surface area contributed by atoms with Gasteiger partial charge in [-0.2, -0.15) is 5.10 Å². The van der Waals surface area contributed by atoms with Crippen LogP contribution in [-0.2, 0) is 6.42 Å². The first kappa shape index (κ1) is 20.9. The van der Waals surface area contributed by atoms with Crippen molar-refractivity contribution in [2.45, 2.75) is 19.4 Å². The van der Waals surface area contributed by atoms with Crippen LogP contribution in [0.1, 0.15) is 29.7 Å². The average molecular weight is 430 g/mol. The number of hydrogen-bond donors (Lipinski definition) is 3. The first-order valence-electron chi connectivity index (χ1n) is 11.5. The summed E-state index contributed by atoms with van der Waals surface area (Å²) in [7, 11) is 0. The maximum Gasteiger partial charge on any atom is 0.137 e. The molecule has 0 amide bonds. The normalized spacial score (nSPS) is 17.4. The molecule has 0 aliphatic carbocycles. The Bertz CT molecular complexity index is 1090. The Hall–Kier alpha value is -2.93. The lowest BCUT2D eigenvalue weighted by Crippen LogP contribution is -2.44. The first-order valence-corrected chi connectivity index (χ1v) is 11.5. The van der Waals surface area contributed by atoms with E-state index in [9.17, 15) is 5.11 Å². The number of aliphatic hydroxyl groups excluding tert-OH is 1. The third kappa shape index (κ3) is 4.48. The molecule has 6 nitrogen and oxygen atoms in total. The Balaban J connectivity index is 1.30. The van der Waals surface area contributed by atoms with Crippen LogP contribution in [0.2, 0.25) is 0 Å². The van der Waals surface area contributed by atoms with Crippen LogP contribution in [0.4, 0.5) is 5.82 Å². The molecule has 0 radical (unpaired) electrons. The van der Waals surface area contributed by atoms with Gasteiger partial charge in [-0.05, 0) is 47.2 Å². The summed E-state index contributed by atoms with van der Waals surface area (Å²) in [6.45, 7) is 8.17. The number of fused-ring (bicyclic) bond motifs is 1. The van der Waals surface area contributed by atoms with Gasteiger partial charge in [0.15, 0.2) is 0 Å². The summed E-state index contributed by atoms with van der Waals surface area (Å²) in [5, 5.41) is 21.5. The summed E-state index contributed by atoms with van der Waals surface area (Å²) in [6, 6.07) is 17.0. The second kappa shape index (κ2) is 9.28. The summed E-state index contributed by atoms with van der Waals surface area (Å²) >= 11 is 0. The number of nitrogens with one attached hydrogen (secondary N) is 2. The summed E-state index contributed by atoms with van der Waals surface area (Å²) in [5.41, 5.74) is 6.85. The number of nitrogens with zero attached hydrogens (tertiary/aromatic N) is 3. The number of benzene rings is 2. The van der Waals surface area contributed by atoms with E-state index in [2.05, 4.69) is 57.2 Å². The highest BCUT2D eigenvalue weighted by molar-refractivity contribution is 5.86. The van der Waals surface area contributed by atoms with Gasteiger partial charge in [-0.1, -0.05) is 42.5 Å². The number of anilines is 1. The molecule has 2 aliphatic heterocycles. The predicted molar refractivity (Wildman–Crippen MR) is 130 cm³/mol. The van der Waals surface area contributed by atoms with E-state index in [0.717, 1.165) is 68.2 Å². The van der Waals surface area contributed by atoms with Crippen LogP contribution in [0.15, 0.2) is 54.7 Å². The number of rotatable bonds is 6. The minimum Gasteiger partial charge on any atom is -0.389 e. The highest BCUT2D eigenvalue weighted by Crippen LogP contribution is 2.33. The van der Waals surface area contributed by atoms with Crippen LogP contribution in [0.3, 0.4) is 0 Å². The molecule has 2 aliphatic rings. The Morgan fingerprint density at radius 2 is 1.88 bits per heavy atom. The van der Waals surface area contributed by atoms with Gasteiger partial charge >= 0.3 is 0 Å². The van der Waals surface area contributed by atoms with Gasteiger partial charge in [-0.15, -0.1) is 0 Å². The van der Waals surface area contributed by atoms with Crippen LogP contribution in [0, 0.1) is 0 Å². The van der Waals surface area contributed by atoms with Gasteiger partial charge in [0, 0.05) is 51.0 Å². The quantitative estimate of drug-likeness (QED) is 0.560. The average Bonchev–Trinajstić information content (AvgIpc) is 3.27. The molecule has 0 bridgehead atoms. The maximum absolute atomic E-state index is 9.91. The third-order valence-corrected chi connectivity index (χ3v) is 6.45. The Labute approximate surface area is 189 Å². The van der Waals surface area contributed by atoms with Crippen LogP contribution in [0.25, 0.3) is 22.9 Å². The fourth-order valence-corrected chi connectivity index (χ4v) is 4.47. The van der Waals surface area contributed by atoms with Crippen molar-refractivity contribution in [1.29, 1.82) is 0 Å². The van der Waals surface area contributed by atoms with Crippen LogP contribution < -0.4 is 10.6 Å². The molecule has 1 unspecified atom stereocenters. The van der Waals surface area contributed by atoms with E-state index >= 15 is 0 Å². The maximum atomic E-state index is 9.91. The second-order valence-corrected chi connectivity index (χ2v) is 8.70. The van der Waals surface area contributed by atoms with Crippen LogP contribution >= 0.6 is 0 Å². The third-order valence-electron chi connectivity index (χ3n) is 6.45. The van der Waals surface area contributed by atoms with E-state index < -0.39 is 6.10 Å². The smallest absolute Gasteiger partial charge is 0.137 e. The van der Waals surface area contributed by atoms with Gasteiger partial charge in [-0.3, -0.25) is 0 Å². The molecule has 166 valence electrons. The topological polar surface area (TPSA) is 65.4 Å². The van der Waals surface area contributed by atoms with E-state index in [1.807, 2.05) is 29.1 Å². The van der Waals surface area contributed by atoms with Crippen molar-refractivity contribution >= 4 is 17.6 Å². The Kier molecular flexibility index (Phi) is 6.08. The molecule has 1 atom stereocenters. The zero-order valence-corrected chi connectivity index (χ0v) is 18.6. The van der Waals surface area contributed by atoms with Gasteiger partial charge in [0.1, 0.15) is 5.82 Å². The molecule has 0 spiro atoms. The molecule has 32 heavy (non-hydrogen) atoms. The minimum absolute atomic E-state index is 0.486. The second-order valence-electron chi connectivity index (χ2n) is 8.70. The predicted octanol–water partition coefficient (Wildman–Crippen LogP) is 3.47. The van der Waals surface area contributed by atoms with Gasteiger partial charge in [-0.25, -0.2) is 4.68 Å². The molecule has 3 aromatic rings. The molecule has 6 heteroatoms. The standard InChI is InChI=1S/C26H31N5O/c1-19(32)22-3-2-4-23(15-22)25-17-29-31-18-24(16-28-26(25)31)21-7-5-20(6-8-21)9-12-30-13-10-27-11-14-30/h2-8,15,17-19,27-28,32H,9-14,16H2,1H3. The summed E-state index contributed by atoms with van der Waals surface area (Å²) in [6.07, 6.45) is 4.61. The molecular formula is C26H31N5O. The lowest BCUT2D eigenvalue weighted by atomic mass is 10.0. The van der Waals surface area contributed by atoms with Crippen molar-refractivity contribution in [3.05, 3.63) is 71.4 Å². The van der Waals surface area contributed by atoms with E-state index in [1.54, 1.807) is 6.92 Å². The van der Waals surface area contributed by atoms with E-state index in [0.29, 0.717) is 0 Å². The van der Waals surface area contributed by atoms with E-state index in [4.69, 9.17) is 0 Å². The van der Waals surface area contributed by atoms with Gasteiger partial charge in [0.05, 0.1) is 12.3 Å². The molecule has 1 fully saturated rings. The van der Waals surface area contributed by atoms with E-state index in [1.165, 1.54) is 16.7 Å². The summed E-state index contributed by atoms with van der Waals surface area (Å²) < 4.78 is 1.92. The zero-order chi connectivity index (χ0) is 21.9. The van der Waals surface area contributed by atoms with Gasteiger partial charge in [0.2, 0.25) is 0 Å². The lowest BCUT2D eigenvalue weighted by Gasteiger charge is -2.27. The zero-order valence-electron chi connectivity index (χ0n) is 18.6. The molecule has 5 rings (SSSR count). The number of aromatic nitrogens is 2. The molecule has 0 saturated carbocycles. The molecule has 2 aromatic carbocycles. The lowest BCUT2D eigenvalue weighted by molar-refractivity contribution is 0.199. The fourth-order valence-electron chi connectivity index (χ4n) is 4.47. The first-order chi connectivity index (χ1) is 15.7. The SMILES string of the molecule is CC(O)c1cccc(-c2cnn3c2NCC(c2ccc(CCN4CCNCC4)cc2)=C3)c1. The summed E-state index contributed by atoms with van der Waals surface area (Å²) in [5.74, 6) is 0.990. The number of hydrogen-bond acceptors (Lipinski definition) is 5.